The maximum atomic E-state index is 13.7. The molecule has 2 heterocycles. The minimum absolute atomic E-state index is 0.139. The summed E-state index contributed by atoms with van der Waals surface area (Å²) in [5.41, 5.74) is 5.85. The number of halogens is 1. The molecule has 2 aromatic rings. The van der Waals surface area contributed by atoms with Crippen molar-refractivity contribution in [3.05, 3.63) is 41.8 Å². The monoisotopic (exact) mass is 318 g/mol. The fraction of sp³-hybridized carbons (Fsp3) is 0.267. The van der Waals surface area contributed by atoms with E-state index in [1.54, 1.807) is 24.3 Å². The second kappa shape index (κ2) is 6.57. The number of rotatable bonds is 4. The number of benzene rings is 1. The smallest absolute Gasteiger partial charge is 0.239 e. The average molecular weight is 318 g/mol. The molecule has 1 aliphatic rings. The molecule has 3 rings (SSSR count). The van der Waals surface area contributed by atoms with Gasteiger partial charge in [0.2, 0.25) is 11.8 Å². The van der Waals surface area contributed by atoms with E-state index in [1.165, 1.54) is 6.07 Å². The molecule has 2 amide bonds. The van der Waals surface area contributed by atoms with Crippen LogP contribution in [0, 0.1) is 5.82 Å². The van der Waals surface area contributed by atoms with Crippen LogP contribution >= 0.6 is 0 Å². The first-order valence-corrected chi connectivity index (χ1v) is 7.16. The van der Waals surface area contributed by atoms with Crippen molar-refractivity contribution in [2.24, 2.45) is 0 Å². The summed E-state index contributed by atoms with van der Waals surface area (Å²) in [5.74, 6) is -0.489. The topological polar surface area (TPSA) is 96.3 Å². The lowest BCUT2D eigenvalue weighted by Crippen LogP contribution is -2.55. The lowest BCUT2D eigenvalue weighted by atomic mass is 10.1. The first kappa shape index (κ1) is 15.2. The van der Waals surface area contributed by atoms with Crippen molar-refractivity contribution in [3.63, 3.8) is 0 Å². The Balaban J connectivity index is 1.58. The molecule has 1 fully saturated rings. The van der Waals surface area contributed by atoms with Gasteiger partial charge in [-0.05, 0) is 18.6 Å². The van der Waals surface area contributed by atoms with Crippen LogP contribution in [0.2, 0.25) is 0 Å². The summed E-state index contributed by atoms with van der Waals surface area (Å²) in [6, 6.07) is 7.31. The molecule has 0 spiro atoms. The highest BCUT2D eigenvalue weighted by Crippen LogP contribution is 2.23. The van der Waals surface area contributed by atoms with E-state index in [-0.39, 0.29) is 18.4 Å². The van der Waals surface area contributed by atoms with E-state index >= 15 is 0 Å². The van der Waals surface area contributed by atoms with Gasteiger partial charge >= 0.3 is 0 Å². The highest BCUT2D eigenvalue weighted by Gasteiger charge is 2.24. The Morgan fingerprint density at radius 1 is 1.43 bits per heavy atom. The molecule has 7 nitrogen and oxygen atoms in total. The SMILES string of the molecule is O=C1CCC(C(=O)NCc2cc(-c3ccccc3F)on2)NN1. The van der Waals surface area contributed by atoms with Crippen molar-refractivity contribution in [1.82, 2.24) is 21.3 Å². The zero-order valence-electron chi connectivity index (χ0n) is 12.1. The third-order valence-electron chi connectivity index (χ3n) is 3.50. The molecule has 0 radical (unpaired) electrons. The number of hydrazine groups is 1. The number of carbonyl (C=O) groups is 2. The van der Waals surface area contributed by atoms with Crippen molar-refractivity contribution < 1.29 is 18.5 Å². The van der Waals surface area contributed by atoms with Crippen LogP contribution in [0.5, 0.6) is 0 Å². The summed E-state index contributed by atoms with van der Waals surface area (Å²) in [6.07, 6.45) is 0.726. The van der Waals surface area contributed by atoms with Crippen molar-refractivity contribution in [1.29, 1.82) is 0 Å². The fourth-order valence-electron chi connectivity index (χ4n) is 2.26. The Kier molecular flexibility index (Phi) is 4.33. The molecule has 1 aromatic carbocycles. The number of aromatic nitrogens is 1. The van der Waals surface area contributed by atoms with E-state index in [0.717, 1.165) is 0 Å². The van der Waals surface area contributed by atoms with E-state index in [4.69, 9.17) is 4.52 Å². The summed E-state index contributed by atoms with van der Waals surface area (Å²) in [6.45, 7) is 0.156. The van der Waals surface area contributed by atoms with Gasteiger partial charge in [-0.1, -0.05) is 17.3 Å². The number of nitrogens with one attached hydrogen (secondary N) is 3. The van der Waals surface area contributed by atoms with Crippen LogP contribution in [0.25, 0.3) is 11.3 Å². The van der Waals surface area contributed by atoms with Gasteiger partial charge in [0.1, 0.15) is 17.6 Å². The molecule has 1 saturated heterocycles. The predicted octanol–water partition coefficient (Wildman–Crippen LogP) is 0.880. The Morgan fingerprint density at radius 2 is 2.26 bits per heavy atom. The van der Waals surface area contributed by atoms with Gasteiger partial charge in [0.25, 0.3) is 0 Å². The standard InChI is InChI=1S/C15H15FN4O3/c16-11-4-2-1-3-10(11)13-7-9(20-23-13)8-17-15(22)12-5-6-14(21)19-18-12/h1-4,7,12,18H,5-6,8H2,(H,17,22)(H,19,21). The molecular weight excluding hydrogens is 303 g/mol. The molecule has 8 heteroatoms. The third-order valence-corrected chi connectivity index (χ3v) is 3.50. The normalized spacial score (nSPS) is 17.6. The third kappa shape index (κ3) is 3.54. The summed E-state index contributed by atoms with van der Waals surface area (Å²) in [4.78, 5) is 23.0. The van der Waals surface area contributed by atoms with Crippen LogP contribution in [-0.2, 0) is 16.1 Å². The maximum absolute atomic E-state index is 13.7. The lowest BCUT2D eigenvalue weighted by molar-refractivity contribution is -0.129. The van der Waals surface area contributed by atoms with E-state index in [0.29, 0.717) is 29.9 Å². The highest BCUT2D eigenvalue weighted by atomic mass is 19.1. The van der Waals surface area contributed by atoms with Gasteiger partial charge in [-0.25, -0.2) is 9.82 Å². The molecule has 3 N–H and O–H groups in total. The summed E-state index contributed by atoms with van der Waals surface area (Å²) >= 11 is 0. The van der Waals surface area contributed by atoms with Gasteiger partial charge in [0, 0.05) is 12.5 Å². The predicted molar refractivity (Wildman–Crippen MR) is 78.0 cm³/mol. The van der Waals surface area contributed by atoms with Gasteiger partial charge in [-0.2, -0.15) is 0 Å². The van der Waals surface area contributed by atoms with Crippen molar-refractivity contribution in [2.75, 3.05) is 0 Å². The van der Waals surface area contributed by atoms with Gasteiger partial charge in [0.05, 0.1) is 12.1 Å². The van der Waals surface area contributed by atoms with Gasteiger partial charge in [-0.3, -0.25) is 15.0 Å². The highest BCUT2D eigenvalue weighted by molar-refractivity contribution is 5.85. The maximum Gasteiger partial charge on any atom is 0.239 e. The minimum Gasteiger partial charge on any atom is -0.356 e. The zero-order chi connectivity index (χ0) is 16.2. The van der Waals surface area contributed by atoms with Gasteiger partial charge in [-0.15, -0.1) is 0 Å². The van der Waals surface area contributed by atoms with Crippen LogP contribution < -0.4 is 16.2 Å². The Morgan fingerprint density at radius 3 is 3.00 bits per heavy atom. The van der Waals surface area contributed by atoms with Gasteiger partial charge < -0.3 is 9.84 Å². The summed E-state index contributed by atoms with van der Waals surface area (Å²) in [5, 5.41) is 6.51. The second-order valence-electron chi connectivity index (χ2n) is 5.16. The molecule has 23 heavy (non-hydrogen) atoms. The van der Waals surface area contributed by atoms with Crippen LogP contribution in [0.1, 0.15) is 18.5 Å². The van der Waals surface area contributed by atoms with Crippen LogP contribution in [0.4, 0.5) is 4.39 Å². The number of amides is 2. The Bertz CT molecular complexity index is 721. The van der Waals surface area contributed by atoms with E-state index < -0.39 is 11.9 Å². The zero-order valence-corrected chi connectivity index (χ0v) is 12.1. The molecular formula is C15H15FN4O3. The van der Waals surface area contributed by atoms with Crippen LogP contribution in [0.3, 0.4) is 0 Å². The lowest BCUT2D eigenvalue weighted by Gasteiger charge is -2.22. The molecule has 120 valence electrons. The number of hydrogen-bond donors (Lipinski definition) is 3. The van der Waals surface area contributed by atoms with Crippen molar-refractivity contribution in [2.45, 2.75) is 25.4 Å². The minimum atomic E-state index is -0.481. The van der Waals surface area contributed by atoms with Crippen LogP contribution in [0.15, 0.2) is 34.9 Å². The molecule has 1 aromatic heterocycles. The van der Waals surface area contributed by atoms with E-state index in [2.05, 4.69) is 21.3 Å². The molecule has 1 unspecified atom stereocenters. The largest absolute Gasteiger partial charge is 0.356 e. The molecule has 0 bridgehead atoms. The first-order valence-electron chi connectivity index (χ1n) is 7.16. The van der Waals surface area contributed by atoms with Crippen molar-refractivity contribution in [3.8, 4) is 11.3 Å². The fourth-order valence-corrected chi connectivity index (χ4v) is 2.26. The molecule has 0 aliphatic carbocycles. The number of carbonyl (C=O) groups excluding carboxylic acids is 2. The molecule has 0 saturated carbocycles. The van der Waals surface area contributed by atoms with Gasteiger partial charge in [0.15, 0.2) is 5.76 Å². The van der Waals surface area contributed by atoms with Crippen molar-refractivity contribution >= 4 is 11.8 Å². The number of hydrogen-bond acceptors (Lipinski definition) is 5. The Hall–Kier alpha value is -2.74. The second-order valence-corrected chi connectivity index (χ2v) is 5.16. The van der Waals surface area contributed by atoms with Crippen LogP contribution in [-0.4, -0.2) is 23.0 Å². The molecule has 1 aliphatic heterocycles. The number of nitrogens with zero attached hydrogens (tertiary/aromatic N) is 1. The summed E-state index contributed by atoms with van der Waals surface area (Å²) < 4.78 is 18.8. The average Bonchev–Trinajstić information content (AvgIpc) is 3.02. The first-order chi connectivity index (χ1) is 11.1. The quantitative estimate of drug-likeness (QED) is 0.778. The molecule has 1 atom stereocenters. The Labute approximate surface area is 131 Å². The van der Waals surface area contributed by atoms with E-state index in [1.807, 2.05) is 0 Å². The summed E-state index contributed by atoms with van der Waals surface area (Å²) in [7, 11) is 0. The van der Waals surface area contributed by atoms with E-state index in [9.17, 15) is 14.0 Å².